The molecule has 106 valence electrons. The number of unbranched alkanes of at least 4 members (excludes halogenated alkanes) is 2. The molecule has 1 aromatic rings. The topological polar surface area (TPSA) is 46.5 Å². The van der Waals surface area contributed by atoms with Gasteiger partial charge in [-0.25, -0.2) is 4.79 Å². The van der Waals surface area contributed by atoms with Crippen LogP contribution in [0.5, 0.6) is 5.75 Å². The van der Waals surface area contributed by atoms with E-state index in [1.807, 2.05) is 26.8 Å². The first kappa shape index (κ1) is 15.5. The molecule has 0 aliphatic rings. The predicted octanol–water partition coefficient (Wildman–Crippen LogP) is 4.35. The molecule has 0 saturated carbocycles. The van der Waals surface area contributed by atoms with Crippen LogP contribution in [-0.2, 0) is 0 Å². The maximum absolute atomic E-state index is 11.2. The number of carboxylic acids is 1. The first-order valence-corrected chi connectivity index (χ1v) is 6.96. The van der Waals surface area contributed by atoms with Crippen LogP contribution in [0.15, 0.2) is 12.1 Å². The van der Waals surface area contributed by atoms with E-state index in [0.717, 1.165) is 24.0 Å². The Balaban J connectivity index is 2.76. The molecule has 0 aromatic heterocycles. The highest BCUT2D eigenvalue weighted by Crippen LogP contribution is 2.23. The highest BCUT2D eigenvalue weighted by atomic mass is 16.5. The van der Waals surface area contributed by atoms with Gasteiger partial charge in [0.25, 0.3) is 0 Å². The van der Waals surface area contributed by atoms with Crippen molar-refractivity contribution in [2.45, 2.75) is 59.5 Å². The number of aromatic carboxylic acids is 1. The second-order valence-electron chi connectivity index (χ2n) is 5.14. The minimum Gasteiger partial charge on any atom is -0.491 e. The van der Waals surface area contributed by atoms with Crippen molar-refractivity contribution in [2.24, 2.45) is 0 Å². The molecule has 1 aromatic carbocycles. The number of rotatable bonds is 7. The Bertz CT molecular complexity index is 438. The summed E-state index contributed by atoms with van der Waals surface area (Å²) in [6, 6.07) is 3.54. The van der Waals surface area contributed by atoms with E-state index in [4.69, 9.17) is 9.84 Å². The van der Waals surface area contributed by atoms with Crippen LogP contribution in [0.4, 0.5) is 0 Å². The van der Waals surface area contributed by atoms with Gasteiger partial charge in [-0.3, -0.25) is 0 Å². The number of benzene rings is 1. The van der Waals surface area contributed by atoms with E-state index in [-0.39, 0.29) is 6.10 Å². The highest BCUT2D eigenvalue weighted by molar-refractivity contribution is 5.90. The molecule has 0 radical (unpaired) electrons. The van der Waals surface area contributed by atoms with Gasteiger partial charge < -0.3 is 9.84 Å². The van der Waals surface area contributed by atoms with Gasteiger partial charge in [-0.05, 0) is 56.9 Å². The lowest BCUT2D eigenvalue weighted by atomic mass is 10.0. The third kappa shape index (κ3) is 4.58. The van der Waals surface area contributed by atoms with E-state index in [1.54, 1.807) is 6.07 Å². The molecule has 3 nitrogen and oxygen atoms in total. The first-order chi connectivity index (χ1) is 8.95. The number of carboxylic acid groups (broad SMARTS) is 1. The van der Waals surface area contributed by atoms with Crippen molar-refractivity contribution in [3.63, 3.8) is 0 Å². The molecule has 0 bridgehead atoms. The number of carbonyl (C=O) groups is 1. The Morgan fingerprint density at radius 3 is 2.58 bits per heavy atom. The Morgan fingerprint density at radius 2 is 2.00 bits per heavy atom. The normalized spacial score (nSPS) is 12.2. The third-order valence-electron chi connectivity index (χ3n) is 3.42. The molecule has 1 rings (SSSR count). The van der Waals surface area contributed by atoms with Crippen molar-refractivity contribution in [2.75, 3.05) is 0 Å². The minimum atomic E-state index is -0.898. The molecule has 0 saturated heterocycles. The third-order valence-corrected chi connectivity index (χ3v) is 3.42. The standard InChI is InChI=1S/C16H24O3/c1-5-6-7-8-12(3)19-14-9-11(2)13(4)15(10-14)16(17)18/h9-10,12H,5-8H2,1-4H3,(H,17,18). The average molecular weight is 264 g/mol. The maximum atomic E-state index is 11.2. The molecule has 0 amide bonds. The van der Waals surface area contributed by atoms with Crippen LogP contribution >= 0.6 is 0 Å². The smallest absolute Gasteiger partial charge is 0.336 e. The highest BCUT2D eigenvalue weighted by Gasteiger charge is 2.13. The van der Waals surface area contributed by atoms with Gasteiger partial charge in [-0.15, -0.1) is 0 Å². The summed E-state index contributed by atoms with van der Waals surface area (Å²) < 4.78 is 5.82. The molecule has 0 aliphatic heterocycles. The summed E-state index contributed by atoms with van der Waals surface area (Å²) in [5.74, 6) is -0.241. The molecular weight excluding hydrogens is 240 g/mol. The summed E-state index contributed by atoms with van der Waals surface area (Å²) >= 11 is 0. The van der Waals surface area contributed by atoms with Crippen molar-refractivity contribution >= 4 is 5.97 Å². The van der Waals surface area contributed by atoms with E-state index in [2.05, 4.69) is 6.92 Å². The van der Waals surface area contributed by atoms with Gasteiger partial charge in [0.1, 0.15) is 5.75 Å². The van der Waals surface area contributed by atoms with Crippen LogP contribution in [0.2, 0.25) is 0 Å². The van der Waals surface area contributed by atoms with E-state index in [0.29, 0.717) is 11.3 Å². The van der Waals surface area contributed by atoms with Gasteiger partial charge in [0.05, 0.1) is 11.7 Å². The van der Waals surface area contributed by atoms with Gasteiger partial charge in [0, 0.05) is 0 Å². The van der Waals surface area contributed by atoms with Crippen molar-refractivity contribution < 1.29 is 14.6 Å². The quantitative estimate of drug-likeness (QED) is 0.745. The molecule has 0 heterocycles. The summed E-state index contributed by atoms with van der Waals surface area (Å²) in [5.41, 5.74) is 2.09. The summed E-state index contributed by atoms with van der Waals surface area (Å²) in [6.07, 6.45) is 4.67. The fraction of sp³-hybridized carbons (Fsp3) is 0.562. The Labute approximate surface area is 115 Å². The van der Waals surface area contributed by atoms with E-state index < -0.39 is 5.97 Å². The summed E-state index contributed by atoms with van der Waals surface area (Å²) in [6.45, 7) is 7.95. The molecule has 0 spiro atoms. The molecule has 1 unspecified atom stereocenters. The molecule has 19 heavy (non-hydrogen) atoms. The van der Waals surface area contributed by atoms with Crippen LogP contribution < -0.4 is 4.74 Å². The number of aryl methyl sites for hydroxylation is 1. The zero-order valence-corrected chi connectivity index (χ0v) is 12.3. The van der Waals surface area contributed by atoms with Crippen LogP contribution in [0.1, 0.15) is 61.0 Å². The second-order valence-corrected chi connectivity index (χ2v) is 5.14. The number of ether oxygens (including phenoxy) is 1. The lowest BCUT2D eigenvalue weighted by Crippen LogP contribution is -2.12. The van der Waals surface area contributed by atoms with Gasteiger partial charge in [0.15, 0.2) is 0 Å². The Kier molecular flexibility index (Phi) is 5.87. The largest absolute Gasteiger partial charge is 0.491 e. The molecule has 1 atom stereocenters. The van der Waals surface area contributed by atoms with Crippen molar-refractivity contribution in [1.29, 1.82) is 0 Å². The zero-order valence-electron chi connectivity index (χ0n) is 12.3. The lowest BCUT2D eigenvalue weighted by molar-refractivity contribution is 0.0695. The van der Waals surface area contributed by atoms with E-state index in [9.17, 15) is 4.79 Å². The second kappa shape index (κ2) is 7.17. The first-order valence-electron chi connectivity index (χ1n) is 6.96. The zero-order chi connectivity index (χ0) is 14.4. The molecule has 0 fully saturated rings. The fourth-order valence-corrected chi connectivity index (χ4v) is 2.09. The maximum Gasteiger partial charge on any atom is 0.336 e. The van der Waals surface area contributed by atoms with Crippen molar-refractivity contribution in [3.8, 4) is 5.75 Å². The summed E-state index contributed by atoms with van der Waals surface area (Å²) in [5, 5.41) is 9.17. The fourth-order valence-electron chi connectivity index (χ4n) is 2.09. The van der Waals surface area contributed by atoms with E-state index in [1.165, 1.54) is 12.8 Å². The molecule has 1 N–H and O–H groups in total. The summed E-state index contributed by atoms with van der Waals surface area (Å²) in [4.78, 5) is 11.2. The van der Waals surface area contributed by atoms with Gasteiger partial charge in [-0.2, -0.15) is 0 Å². The predicted molar refractivity (Wildman–Crippen MR) is 77.1 cm³/mol. The van der Waals surface area contributed by atoms with Gasteiger partial charge in [-0.1, -0.05) is 19.8 Å². The average Bonchev–Trinajstić information content (AvgIpc) is 2.33. The van der Waals surface area contributed by atoms with E-state index >= 15 is 0 Å². The molecule has 0 aliphatic carbocycles. The Morgan fingerprint density at radius 1 is 1.32 bits per heavy atom. The Hall–Kier alpha value is -1.51. The molecule has 3 heteroatoms. The SMILES string of the molecule is CCCCCC(C)Oc1cc(C)c(C)c(C(=O)O)c1. The number of hydrogen-bond acceptors (Lipinski definition) is 2. The lowest BCUT2D eigenvalue weighted by Gasteiger charge is -2.16. The van der Waals surface area contributed by atoms with Crippen LogP contribution in [0.25, 0.3) is 0 Å². The van der Waals surface area contributed by atoms with Gasteiger partial charge in [0.2, 0.25) is 0 Å². The van der Waals surface area contributed by atoms with Gasteiger partial charge >= 0.3 is 5.97 Å². The van der Waals surface area contributed by atoms with Crippen molar-refractivity contribution in [3.05, 3.63) is 28.8 Å². The van der Waals surface area contributed by atoms with Crippen LogP contribution in [0, 0.1) is 13.8 Å². The van der Waals surface area contributed by atoms with Crippen LogP contribution in [0.3, 0.4) is 0 Å². The number of hydrogen-bond donors (Lipinski definition) is 1. The molecular formula is C16H24O3. The monoisotopic (exact) mass is 264 g/mol. The van der Waals surface area contributed by atoms with Crippen molar-refractivity contribution in [1.82, 2.24) is 0 Å². The summed E-state index contributed by atoms with van der Waals surface area (Å²) in [7, 11) is 0. The minimum absolute atomic E-state index is 0.121. The van der Waals surface area contributed by atoms with Crippen LogP contribution in [-0.4, -0.2) is 17.2 Å².